The molecule has 0 bridgehead atoms. The maximum Gasteiger partial charge on any atom is 0.267 e. The van der Waals surface area contributed by atoms with E-state index in [2.05, 4.69) is 4.90 Å². The van der Waals surface area contributed by atoms with Crippen LogP contribution in [0.15, 0.2) is 0 Å². The quantitative estimate of drug-likeness (QED) is 0.469. The lowest BCUT2D eigenvalue weighted by molar-refractivity contribution is 0.0826. The van der Waals surface area contributed by atoms with E-state index in [1.807, 2.05) is 4.90 Å². The maximum absolute atomic E-state index is 10.6. The SMILES string of the molecule is NCCN1CCN(CC(O)CS(=O)(=O)O)CC1. The molecule has 0 aliphatic carbocycles. The average Bonchev–Trinajstić information content (AvgIpc) is 2.18. The predicted octanol–water partition coefficient (Wildman–Crippen LogP) is -2.19. The van der Waals surface area contributed by atoms with E-state index in [1.165, 1.54) is 0 Å². The summed E-state index contributed by atoms with van der Waals surface area (Å²) in [6.07, 6.45) is -1.04. The summed E-state index contributed by atoms with van der Waals surface area (Å²) in [4.78, 5) is 4.22. The zero-order valence-electron chi connectivity index (χ0n) is 9.83. The molecule has 0 amide bonds. The summed E-state index contributed by atoms with van der Waals surface area (Å²) in [7, 11) is -4.10. The van der Waals surface area contributed by atoms with Crippen molar-refractivity contribution in [2.75, 3.05) is 51.6 Å². The number of aliphatic hydroxyl groups excluding tert-OH is 1. The Morgan fingerprint density at radius 1 is 1.18 bits per heavy atom. The van der Waals surface area contributed by atoms with Crippen molar-refractivity contribution in [2.24, 2.45) is 5.73 Å². The van der Waals surface area contributed by atoms with E-state index in [0.717, 1.165) is 32.7 Å². The Balaban J connectivity index is 2.26. The van der Waals surface area contributed by atoms with Gasteiger partial charge in [-0.3, -0.25) is 14.4 Å². The van der Waals surface area contributed by atoms with Gasteiger partial charge in [0, 0.05) is 45.8 Å². The third-order valence-corrected chi connectivity index (χ3v) is 3.59. The van der Waals surface area contributed by atoms with Crippen molar-refractivity contribution in [3.63, 3.8) is 0 Å². The van der Waals surface area contributed by atoms with Gasteiger partial charge in [0.25, 0.3) is 10.1 Å². The minimum atomic E-state index is -4.10. The number of rotatable bonds is 6. The molecular formula is C9H21N3O4S. The monoisotopic (exact) mass is 267 g/mol. The van der Waals surface area contributed by atoms with Crippen LogP contribution in [0.3, 0.4) is 0 Å². The Bertz CT molecular complexity index is 314. The van der Waals surface area contributed by atoms with E-state index >= 15 is 0 Å². The van der Waals surface area contributed by atoms with Gasteiger partial charge in [-0.15, -0.1) is 0 Å². The van der Waals surface area contributed by atoms with Crippen LogP contribution in [0.4, 0.5) is 0 Å². The van der Waals surface area contributed by atoms with Gasteiger partial charge in [-0.25, -0.2) is 0 Å². The van der Waals surface area contributed by atoms with Crippen LogP contribution in [0.25, 0.3) is 0 Å². The number of aliphatic hydroxyl groups is 1. The van der Waals surface area contributed by atoms with Crippen molar-refractivity contribution < 1.29 is 18.1 Å². The molecule has 8 heteroatoms. The number of piperazine rings is 1. The first-order chi connectivity index (χ1) is 7.90. The molecule has 7 nitrogen and oxygen atoms in total. The van der Waals surface area contributed by atoms with Crippen molar-refractivity contribution in [3.8, 4) is 0 Å². The van der Waals surface area contributed by atoms with E-state index in [-0.39, 0.29) is 6.54 Å². The van der Waals surface area contributed by atoms with E-state index < -0.39 is 22.0 Å². The summed E-state index contributed by atoms with van der Waals surface area (Å²) in [5, 5.41) is 9.49. The zero-order valence-corrected chi connectivity index (χ0v) is 10.6. The Labute approximate surface area is 102 Å². The molecule has 0 radical (unpaired) electrons. The molecule has 1 heterocycles. The summed E-state index contributed by atoms with van der Waals surface area (Å²) < 4.78 is 29.8. The molecule has 1 atom stereocenters. The third kappa shape index (κ3) is 6.29. The number of hydrogen-bond donors (Lipinski definition) is 3. The molecule has 1 saturated heterocycles. The van der Waals surface area contributed by atoms with E-state index in [1.54, 1.807) is 0 Å². The van der Waals surface area contributed by atoms with Crippen LogP contribution in [0.1, 0.15) is 0 Å². The fourth-order valence-corrected chi connectivity index (χ4v) is 2.56. The molecule has 0 aromatic heterocycles. The first-order valence-corrected chi connectivity index (χ1v) is 7.29. The molecule has 0 saturated carbocycles. The van der Waals surface area contributed by atoms with Crippen LogP contribution >= 0.6 is 0 Å². The summed E-state index contributed by atoms with van der Waals surface area (Å²) >= 11 is 0. The van der Waals surface area contributed by atoms with Gasteiger partial charge < -0.3 is 10.8 Å². The maximum atomic E-state index is 10.6. The Morgan fingerprint density at radius 3 is 2.18 bits per heavy atom. The molecule has 102 valence electrons. The molecule has 1 unspecified atom stereocenters. The molecule has 1 aliphatic rings. The molecule has 4 N–H and O–H groups in total. The molecule has 1 rings (SSSR count). The summed E-state index contributed by atoms with van der Waals surface area (Å²) in [6, 6.07) is 0. The van der Waals surface area contributed by atoms with Gasteiger partial charge in [0.05, 0.1) is 6.10 Å². The standard InChI is InChI=1S/C9H21N3O4S/c10-1-2-11-3-5-12(6-4-11)7-9(13)8-17(14,15)16/h9,13H,1-8,10H2,(H,14,15,16). The first-order valence-electron chi connectivity index (χ1n) is 5.68. The van der Waals surface area contributed by atoms with Crippen LogP contribution in [-0.4, -0.2) is 85.5 Å². The van der Waals surface area contributed by atoms with Crippen LogP contribution < -0.4 is 5.73 Å². The van der Waals surface area contributed by atoms with Crippen LogP contribution in [-0.2, 0) is 10.1 Å². The van der Waals surface area contributed by atoms with Gasteiger partial charge in [0.15, 0.2) is 0 Å². The van der Waals surface area contributed by atoms with Crippen molar-refractivity contribution in [1.82, 2.24) is 9.80 Å². The highest BCUT2D eigenvalue weighted by Gasteiger charge is 2.21. The molecule has 1 aliphatic heterocycles. The predicted molar refractivity (Wildman–Crippen MR) is 64.4 cm³/mol. The largest absolute Gasteiger partial charge is 0.391 e. The topological polar surface area (TPSA) is 107 Å². The lowest BCUT2D eigenvalue weighted by atomic mass is 10.3. The van der Waals surface area contributed by atoms with E-state index in [4.69, 9.17) is 10.3 Å². The smallest absolute Gasteiger partial charge is 0.267 e. The second-order valence-corrected chi connectivity index (χ2v) is 5.83. The highest BCUT2D eigenvalue weighted by atomic mass is 32.2. The van der Waals surface area contributed by atoms with Gasteiger partial charge in [-0.2, -0.15) is 8.42 Å². The molecule has 0 aromatic carbocycles. The van der Waals surface area contributed by atoms with Crippen molar-refractivity contribution in [3.05, 3.63) is 0 Å². The number of hydrogen-bond acceptors (Lipinski definition) is 6. The summed E-state index contributed by atoms with van der Waals surface area (Å²) in [5.74, 6) is -0.601. The van der Waals surface area contributed by atoms with E-state index in [9.17, 15) is 13.5 Å². The average molecular weight is 267 g/mol. The van der Waals surface area contributed by atoms with Crippen molar-refractivity contribution in [2.45, 2.75) is 6.10 Å². The van der Waals surface area contributed by atoms with Crippen molar-refractivity contribution in [1.29, 1.82) is 0 Å². The van der Waals surface area contributed by atoms with Crippen LogP contribution in [0.5, 0.6) is 0 Å². The molecule has 17 heavy (non-hydrogen) atoms. The Kier molecular flexibility index (Phi) is 5.77. The summed E-state index contributed by atoms with van der Waals surface area (Å²) in [5.41, 5.74) is 5.45. The fraction of sp³-hybridized carbons (Fsp3) is 1.00. The van der Waals surface area contributed by atoms with Crippen LogP contribution in [0, 0.1) is 0 Å². The van der Waals surface area contributed by atoms with Gasteiger partial charge in [0.1, 0.15) is 5.75 Å². The number of β-amino-alcohol motifs (C(OH)–C–C–N with tert-alkyl or cyclic N) is 1. The normalized spacial score (nSPS) is 21.6. The van der Waals surface area contributed by atoms with Gasteiger partial charge >= 0.3 is 0 Å². The fourth-order valence-electron chi connectivity index (χ4n) is 1.97. The first kappa shape index (κ1) is 14.8. The number of nitrogens with two attached hydrogens (primary N) is 1. The van der Waals surface area contributed by atoms with Crippen molar-refractivity contribution >= 4 is 10.1 Å². The number of nitrogens with zero attached hydrogens (tertiary/aromatic N) is 2. The van der Waals surface area contributed by atoms with Gasteiger partial charge in [0.2, 0.25) is 0 Å². The lowest BCUT2D eigenvalue weighted by Gasteiger charge is -2.35. The highest BCUT2D eigenvalue weighted by Crippen LogP contribution is 2.03. The van der Waals surface area contributed by atoms with Gasteiger partial charge in [-0.05, 0) is 0 Å². The Hall–Kier alpha value is -0.250. The van der Waals surface area contributed by atoms with E-state index in [0.29, 0.717) is 6.54 Å². The minimum Gasteiger partial charge on any atom is -0.391 e. The second-order valence-electron chi connectivity index (χ2n) is 4.33. The lowest BCUT2D eigenvalue weighted by Crippen LogP contribution is -2.50. The second kappa shape index (κ2) is 6.62. The summed E-state index contributed by atoms with van der Waals surface area (Å²) in [6.45, 7) is 5.07. The molecular weight excluding hydrogens is 246 g/mol. The Morgan fingerprint density at radius 2 is 1.71 bits per heavy atom. The minimum absolute atomic E-state index is 0.274. The molecule has 0 aromatic rings. The molecule has 1 fully saturated rings. The highest BCUT2D eigenvalue weighted by molar-refractivity contribution is 7.85. The zero-order chi connectivity index (χ0) is 12.9. The van der Waals surface area contributed by atoms with Crippen LogP contribution in [0.2, 0.25) is 0 Å². The third-order valence-electron chi connectivity index (χ3n) is 2.78. The molecule has 0 spiro atoms. The van der Waals surface area contributed by atoms with Gasteiger partial charge in [-0.1, -0.05) is 0 Å².